The van der Waals surface area contributed by atoms with Crippen LogP contribution in [-0.4, -0.2) is 28.0 Å². The van der Waals surface area contributed by atoms with Gasteiger partial charge in [-0.1, -0.05) is 13.3 Å². The van der Waals surface area contributed by atoms with Crippen LogP contribution in [0.2, 0.25) is 0 Å². The molecule has 1 aromatic rings. The van der Waals surface area contributed by atoms with Crippen molar-refractivity contribution in [1.29, 1.82) is 0 Å². The maximum Gasteiger partial charge on any atom is 0.141 e. The third kappa shape index (κ3) is 2.92. The van der Waals surface area contributed by atoms with Crippen LogP contribution in [-0.2, 0) is 6.54 Å². The molecule has 0 aliphatic carbocycles. The van der Waals surface area contributed by atoms with Crippen molar-refractivity contribution >= 4 is 5.82 Å². The monoisotopic (exact) mass is 220 g/mol. The fourth-order valence-corrected chi connectivity index (χ4v) is 2.38. The highest BCUT2D eigenvalue weighted by Gasteiger charge is 2.21. The zero-order chi connectivity index (χ0) is 11.4. The summed E-state index contributed by atoms with van der Waals surface area (Å²) in [5.74, 6) is 1.38. The van der Waals surface area contributed by atoms with Gasteiger partial charge in [0.05, 0.1) is 18.1 Å². The van der Waals surface area contributed by atoms with Crippen LogP contribution in [0.25, 0.3) is 0 Å². The molecule has 2 rings (SSSR count). The van der Waals surface area contributed by atoms with Crippen molar-refractivity contribution in [3.8, 4) is 0 Å². The lowest BCUT2D eigenvalue weighted by atomic mass is 10.0. The molecule has 1 atom stereocenters. The molecule has 1 unspecified atom stereocenters. The van der Waals surface area contributed by atoms with Crippen molar-refractivity contribution < 1.29 is 0 Å². The average Bonchev–Trinajstić information content (AvgIpc) is 2.70. The van der Waals surface area contributed by atoms with E-state index >= 15 is 0 Å². The van der Waals surface area contributed by atoms with Crippen LogP contribution in [0.15, 0.2) is 12.4 Å². The summed E-state index contributed by atoms with van der Waals surface area (Å²) in [5.41, 5.74) is 6.53. The standard InChI is InChI=1S/C12H20N4/c1-2-3-10-4-5-16(8-10)9-11-6-15-12(13)7-14-11/h6-7,10H,2-5,8-9H2,1H3,(H2,13,15). The van der Waals surface area contributed by atoms with Gasteiger partial charge in [-0.3, -0.25) is 9.88 Å². The Morgan fingerprint density at radius 2 is 2.31 bits per heavy atom. The second kappa shape index (κ2) is 5.25. The summed E-state index contributed by atoms with van der Waals surface area (Å²) in [4.78, 5) is 10.8. The predicted molar refractivity (Wildman–Crippen MR) is 64.7 cm³/mol. The Bertz CT molecular complexity index is 322. The Morgan fingerprint density at radius 1 is 1.44 bits per heavy atom. The van der Waals surface area contributed by atoms with Crippen molar-refractivity contribution in [2.45, 2.75) is 32.7 Å². The summed E-state index contributed by atoms with van der Waals surface area (Å²) >= 11 is 0. The minimum absolute atomic E-state index is 0.494. The molecule has 88 valence electrons. The molecule has 0 radical (unpaired) electrons. The van der Waals surface area contributed by atoms with Crippen molar-refractivity contribution in [2.75, 3.05) is 18.8 Å². The zero-order valence-electron chi connectivity index (χ0n) is 9.89. The zero-order valence-corrected chi connectivity index (χ0v) is 9.89. The SMILES string of the molecule is CCCC1CCN(Cc2cnc(N)cn2)C1. The van der Waals surface area contributed by atoms with Crippen LogP contribution in [0, 0.1) is 5.92 Å². The van der Waals surface area contributed by atoms with Gasteiger partial charge in [0.2, 0.25) is 0 Å². The quantitative estimate of drug-likeness (QED) is 0.838. The van der Waals surface area contributed by atoms with Crippen LogP contribution < -0.4 is 5.73 Å². The number of hydrogen-bond donors (Lipinski definition) is 1. The molecule has 16 heavy (non-hydrogen) atoms. The first kappa shape index (κ1) is 11.3. The van der Waals surface area contributed by atoms with E-state index in [1.165, 1.54) is 32.4 Å². The molecule has 2 N–H and O–H groups in total. The fraction of sp³-hybridized carbons (Fsp3) is 0.667. The third-order valence-corrected chi connectivity index (χ3v) is 3.18. The minimum Gasteiger partial charge on any atom is -0.382 e. The summed E-state index contributed by atoms with van der Waals surface area (Å²) in [6.07, 6.45) is 7.39. The van der Waals surface area contributed by atoms with E-state index in [0.717, 1.165) is 18.2 Å². The summed E-state index contributed by atoms with van der Waals surface area (Å²) in [7, 11) is 0. The van der Waals surface area contributed by atoms with E-state index in [9.17, 15) is 0 Å². The molecular formula is C12H20N4. The van der Waals surface area contributed by atoms with Gasteiger partial charge in [-0.15, -0.1) is 0 Å². The molecule has 1 aromatic heterocycles. The van der Waals surface area contributed by atoms with Gasteiger partial charge in [0.15, 0.2) is 0 Å². The lowest BCUT2D eigenvalue weighted by Gasteiger charge is -2.14. The molecule has 1 aliphatic heterocycles. The molecule has 2 heterocycles. The van der Waals surface area contributed by atoms with Crippen LogP contribution in [0.1, 0.15) is 31.9 Å². The van der Waals surface area contributed by atoms with Crippen LogP contribution >= 0.6 is 0 Å². The number of nitrogen functional groups attached to an aromatic ring is 1. The van der Waals surface area contributed by atoms with Crippen LogP contribution in [0.5, 0.6) is 0 Å². The highest BCUT2D eigenvalue weighted by Crippen LogP contribution is 2.21. The molecule has 1 saturated heterocycles. The number of likely N-dealkylation sites (tertiary alicyclic amines) is 1. The van der Waals surface area contributed by atoms with Crippen molar-refractivity contribution in [2.24, 2.45) is 5.92 Å². The van der Waals surface area contributed by atoms with Gasteiger partial charge in [0.1, 0.15) is 5.82 Å². The molecule has 1 fully saturated rings. The lowest BCUT2D eigenvalue weighted by molar-refractivity contribution is 0.309. The summed E-state index contributed by atoms with van der Waals surface area (Å²) in [6, 6.07) is 0. The van der Waals surface area contributed by atoms with Crippen molar-refractivity contribution in [3.05, 3.63) is 18.1 Å². The summed E-state index contributed by atoms with van der Waals surface area (Å²) < 4.78 is 0. The van der Waals surface area contributed by atoms with Gasteiger partial charge in [0, 0.05) is 13.1 Å². The number of nitrogens with zero attached hydrogens (tertiary/aromatic N) is 3. The van der Waals surface area contributed by atoms with Crippen LogP contribution in [0.4, 0.5) is 5.82 Å². The van der Waals surface area contributed by atoms with Gasteiger partial charge in [0.25, 0.3) is 0 Å². The number of anilines is 1. The fourth-order valence-electron chi connectivity index (χ4n) is 2.38. The van der Waals surface area contributed by atoms with Crippen molar-refractivity contribution in [1.82, 2.24) is 14.9 Å². The normalized spacial score (nSPS) is 21.4. The largest absolute Gasteiger partial charge is 0.382 e. The molecule has 1 aliphatic rings. The van der Waals surface area contributed by atoms with E-state index in [0.29, 0.717) is 5.82 Å². The highest BCUT2D eigenvalue weighted by atomic mass is 15.2. The molecular weight excluding hydrogens is 200 g/mol. The smallest absolute Gasteiger partial charge is 0.141 e. The number of rotatable bonds is 4. The third-order valence-electron chi connectivity index (χ3n) is 3.18. The Hall–Kier alpha value is -1.16. The van der Waals surface area contributed by atoms with E-state index in [-0.39, 0.29) is 0 Å². The van der Waals surface area contributed by atoms with Gasteiger partial charge >= 0.3 is 0 Å². The minimum atomic E-state index is 0.494. The first-order chi connectivity index (χ1) is 7.78. The van der Waals surface area contributed by atoms with Gasteiger partial charge in [-0.2, -0.15) is 0 Å². The molecule has 0 aromatic carbocycles. The van der Waals surface area contributed by atoms with E-state index in [2.05, 4.69) is 21.8 Å². The van der Waals surface area contributed by atoms with Gasteiger partial charge < -0.3 is 5.73 Å². The Morgan fingerprint density at radius 3 is 3.00 bits per heavy atom. The predicted octanol–water partition coefficient (Wildman–Crippen LogP) is 1.68. The molecule has 0 spiro atoms. The first-order valence-corrected chi connectivity index (χ1v) is 6.06. The van der Waals surface area contributed by atoms with Crippen LogP contribution in [0.3, 0.4) is 0 Å². The number of nitrogens with two attached hydrogens (primary N) is 1. The summed E-state index contributed by atoms with van der Waals surface area (Å²) in [6.45, 7) is 5.57. The average molecular weight is 220 g/mol. The van der Waals surface area contributed by atoms with Gasteiger partial charge in [-0.25, -0.2) is 4.98 Å². The Balaban J connectivity index is 1.84. The van der Waals surface area contributed by atoms with E-state index < -0.39 is 0 Å². The first-order valence-electron chi connectivity index (χ1n) is 6.06. The molecule has 4 heteroatoms. The maximum absolute atomic E-state index is 5.51. The number of hydrogen-bond acceptors (Lipinski definition) is 4. The molecule has 0 amide bonds. The van der Waals surface area contributed by atoms with E-state index in [4.69, 9.17) is 5.73 Å². The Labute approximate surface area is 96.9 Å². The second-order valence-corrected chi connectivity index (χ2v) is 4.61. The summed E-state index contributed by atoms with van der Waals surface area (Å²) in [5, 5.41) is 0. The van der Waals surface area contributed by atoms with Gasteiger partial charge in [-0.05, 0) is 25.3 Å². The lowest BCUT2D eigenvalue weighted by Crippen LogP contribution is -2.20. The maximum atomic E-state index is 5.51. The Kier molecular flexibility index (Phi) is 3.72. The molecule has 0 saturated carbocycles. The number of aromatic nitrogens is 2. The van der Waals surface area contributed by atoms with E-state index in [1.54, 1.807) is 12.4 Å². The second-order valence-electron chi connectivity index (χ2n) is 4.61. The highest BCUT2D eigenvalue weighted by molar-refractivity contribution is 5.22. The van der Waals surface area contributed by atoms with Crippen molar-refractivity contribution in [3.63, 3.8) is 0 Å². The molecule has 4 nitrogen and oxygen atoms in total. The molecule has 0 bridgehead atoms. The topological polar surface area (TPSA) is 55.0 Å². The van der Waals surface area contributed by atoms with E-state index in [1.807, 2.05) is 0 Å².